The fourth-order valence-electron chi connectivity index (χ4n) is 3.40. The van der Waals surface area contributed by atoms with Crippen molar-refractivity contribution in [3.63, 3.8) is 0 Å². The van der Waals surface area contributed by atoms with Gasteiger partial charge in [0.1, 0.15) is 0 Å². The zero-order chi connectivity index (χ0) is 18.2. The number of rotatable bonds is 7. The van der Waals surface area contributed by atoms with Crippen LogP contribution in [0.25, 0.3) is 0 Å². The van der Waals surface area contributed by atoms with Crippen LogP contribution < -0.4 is 15.5 Å². The maximum absolute atomic E-state index is 4.79. The first-order valence-corrected chi connectivity index (χ1v) is 9.58. The number of hydrogen-bond donors (Lipinski definition) is 2. The molecule has 140 valence electrons. The zero-order valence-corrected chi connectivity index (χ0v) is 16.6. The Morgan fingerprint density at radius 3 is 2.72 bits per heavy atom. The molecule has 1 saturated heterocycles. The Labute approximate surface area is 153 Å². The molecule has 0 amide bonds. The van der Waals surface area contributed by atoms with Crippen LogP contribution >= 0.6 is 0 Å². The summed E-state index contributed by atoms with van der Waals surface area (Å²) in [5, 5.41) is 6.91. The molecule has 0 bridgehead atoms. The predicted molar refractivity (Wildman–Crippen MR) is 109 cm³/mol. The number of aryl methyl sites for hydroxylation is 1. The average Bonchev–Trinajstić information content (AvgIpc) is 3.05. The quantitative estimate of drug-likeness (QED) is 0.589. The number of hydrogen-bond acceptors (Lipinski definition) is 3. The number of anilines is 1. The van der Waals surface area contributed by atoms with E-state index in [0.717, 1.165) is 25.6 Å². The van der Waals surface area contributed by atoms with Gasteiger partial charge in [0.15, 0.2) is 5.96 Å². The van der Waals surface area contributed by atoms with Gasteiger partial charge >= 0.3 is 0 Å². The van der Waals surface area contributed by atoms with Crippen LogP contribution in [0.2, 0.25) is 0 Å². The van der Waals surface area contributed by atoms with Crippen LogP contribution in [0.15, 0.2) is 23.2 Å². The summed E-state index contributed by atoms with van der Waals surface area (Å²) in [6.07, 6.45) is 2.59. The minimum Gasteiger partial charge on any atom is -0.378 e. The molecule has 1 unspecified atom stereocenters. The first-order valence-electron chi connectivity index (χ1n) is 9.58. The number of likely N-dealkylation sites (tertiary alicyclic amines) is 1. The van der Waals surface area contributed by atoms with E-state index in [1.165, 1.54) is 36.2 Å². The second-order valence-corrected chi connectivity index (χ2v) is 7.01. The van der Waals surface area contributed by atoms with Gasteiger partial charge in [0, 0.05) is 38.9 Å². The molecule has 0 aliphatic carbocycles. The maximum Gasteiger partial charge on any atom is 0.191 e. The van der Waals surface area contributed by atoms with Crippen molar-refractivity contribution in [1.29, 1.82) is 0 Å². The molecular formula is C20H35N5. The fraction of sp³-hybridized carbons (Fsp3) is 0.650. The maximum atomic E-state index is 4.79. The van der Waals surface area contributed by atoms with Crippen molar-refractivity contribution < 1.29 is 0 Å². The standard InChI is InChI=1S/C20H35N5/c1-6-21-20(23-15-19-9-8-12-25(19)7-2)22-14-17-10-11-18(24(4)5)13-16(17)3/h10-11,13,19H,6-9,12,14-15H2,1-5H3,(H2,21,22,23). The molecule has 5 nitrogen and oxygen atoms in total. The van der Waals surface area contributed by atoms with Gasteiger partial charge in [-0.2, -0.15) is 0 Å². The summed E-state index contributed by atoms with van der Waals surface area (Å²) in [4.78, 5) is 9.48. The highest BCUT2D eigenvalue weighted by Crippen LogP contribution is 2.18. The molecule has 1 aromatic rings. The van der Waals surface area contributed by atoms with Gasteiger partial charge in [-0.05, 0) is 63.0 Å². The summed E-state index contributed by atoms with van der Waals surface area (Å²) in [5.74, 6) is 0.918. The van der Waals surface area contributed by atoms with E-state index < -0.39 is 0 Å². The molecule has 2 N–H and O–H groups in total. The molecule has 0 saturated carbocycles. The molecule has 1 fully saturated rings. The van der Waals surface area contributed by atoms with Gasteiger partial charge in [-0.15, -0.1) is 0 Å². The normalized spacial score (nSPS) is 18.4. The molecule has 1 atom stereocenters. The van der Waals surface area contributed by atoms with Crippen molar-refractivity contribution in [3.05, 3.63) is 29.3 Å². The Bertz CT molecular complexity index is 567. The fourth-order valence-corrected chi connectivity index (χ4v) is 3.40. The van der Waals surface area contributed by atoms with E-state index in [-0.39, 0.29) is 0 Å². The molecule has 1 aliphatic rings. The minimum absolute atomic E-state index is 0.634. The van der Waals surface area contributed by atoms with Gasteiger partial charge in [0.2, 0.25) is 0 Å². The second kappa shape index (κ2) is 9.66. The van der Waals surface area contributed by atoms with Crippen LogP contribution in [0.5, 0.6) is 0 Å². The van der Waals surface area contributed by atoms with Crippen molar-refractivity contribution in [2.75, 3.05) is 45.2 Å². The van der Waals surface area contributed by atoms with E-state index in [1.807, 2.05) is 0 Å². The molecule has 0 spiro atoms. The summed E-state index contributed by atoms with van der Waals surface area (Å²) in [6.45, 7) is 11.4. The van der Waals surface area contributed by atoms with Crippen LogP contribution in [0.4, 0.5) is 5.69 Å². The lowest BCUT2D eigenvalue weighted by atomic mass is 10.1. The lowest BCUT2D eigenvalue weighted by molar-refractivity contribution is 0.267. The SMILES string of the molecule is CCNC(=NCc1ccc(N(C)C)cc1C)NCC1CCCN1CC. The van der Waals surface area contributed by atoms with Gasteiger partial charge in [-0.3, -0.25) is 4.90 Å². The third-order valence-electron chi connectivity index (χ3n) is 5.00. The average molecular weight is 346 g/mol. The van der Waals surface area contributed by atoms with E-state index >= 15 is 0 Å². The summed E-state index contributed by atoms with van der Waals surface area (Å²) in [6, 6.07) is 7.21. The Morgan fingerprint density at radius 1 is 1.28 bits per heavy atom. The molecule has 1 heterocycles. The Balaban J connectivity index is 1.97. The number of likely N-dealkylation sites (N-methyl/N-ethyl adjacent to an activating group) is 1. The topological polar surface area (TPSA) is 42.9 Å². The molecule has 5 heteroatoms. The predicted octanol–water partition coefficient (Wildman–Crippen LogP) is 2.60. The van der Waals surface area contributed by atoms with Crippen LogP contribution in [-0.4, -0.2) is 57.2 Å². The van der Waals surface area contributed by atoms with E-state index in [0.29, 0.717) is 12.6 Å². The zero-order valence-electron chi connectivity index (χ0n) is 16.6. The number of benzene rings is 1. The molecule has 1 aromatic carbocycles. The first-order chi connectivity index (χ1) is 12.0. The van der Waals surface area contributed by atoms with Gasteiger partial charge in [0.05, 0.1) is 6.54 Å². The van der Waals surface area contributed by atoms with Crippen molar-refractivity contribution >= 4 is 11.6 Å². The van der Waals surface area contributed by atoms with Crippen LogP contribution in [-0.2, 0) is 6.54 Å². The lowest BCUT2D eigenvalue weighted by Gasteiger charge is -2.24. The molecule has 25 heavy (non-hydrogen) atoms. The van der Waals surface area contributed by atoms with E-state index in [9.17, 15) is 0 Å². The molecule has 2 rings (SSSR count). The number of guanidine groups is 1. The van der Waals surface area contributed by atoms with E-state index in [2.05, 4.69) is 73.5 Å². The summed E-state index contributed by atoms with van der Waals surface area (Å²) >= 11 is 0. The summed E-state index contributed by atoms with van der Waals surface area (Å²) in [5.41, 5.74) is 3.80. The van der Waals surface area contributed by atoms with E-state index in [4.69, 9.17) is 4.99 Å². The van der Waals surface area contributed by atoms with Gasteiger partial charge in [-0.1, -0.05) is 13.0 Å². The van der Waals surface area contributed by atoms with Crippen LogP contribution in [0.1, 0.15) is 37.8 Å². The first kappa shape index (κ1) is 19.6. The highest BCUT2D eigenvalue weighted by molar-refractivity contribution is 5.79. The summed E-state index contributed by atoms with van der Waals surface area (Å²) < 4.78 is 0. The van der Waals surface area contributed by atoms with E-state index in [1.54, 1.807) is 0 Å². The van der Waals surface area contributed by atoms with Gasteiger partial charge < -0.3 is 15.5 Å². The summed E-state index contributed by atoms with van der Waals surface area (Å²) in [7, 11) is 4.14. The van der Waals surface area contributed by atoms with Crippen LogP contribution in [0.3, 0.4) is 0 Å². The third kappa shape index (κ3) is 5.63. The largest absolute Gasteiger partial charge is 0.378 e. The number of aliphatic imine (C=N–C) groups is 1. The number of nitrogens with one attached hydrogen (secondary N) is 2. The molecule has 0 aromatic heterocycles. The monoisotopic (exact) mass is 345 g/mol. The van der Waals surface area contributed by atoms with Gasteiger partial charge in [0.25, 0.3) is 0 Å². The lowest BCUT2D eigenvalue weighted by Crippen LogP contribution is -2.44. The Hall–Kier alpha value is -1.75. The van der Waals surface area contributed by atoms with Crippen molar-refractivity contribution in [3.8, 4) is 0 Å². The Morgan fingerprint density at radius 2 is 2.08 bits per heavy atom. The molecule has 1 aliphatic heterocycles. The molecule has 0 radical (unpaired) electrons. The highest BCUT2D eigenvalue weighted by Gasteiger charge is 2.22. The second-order valence-electron chi connectivity index (χ2n) is 7.01. The minimum atomic E-state index is 0.634. The smallest absolute Gasteiger partial charge is 0.191 e. The van der Waals surface area contributed by atoms with Crippen molar-refractivity contribution in [1.82, 2.24) is 15.5 Å². The highest BCUT2D eigenvalue weighted by atomic mass is 15.2. The van der Waals surface area contributed by atoms with Gasteiger partial charge in [-0.25, -0.2) is 4.99 Å². The van der Waals surface area contributed by atoms with Crippen molar-refractivity contribution in [2.45, 2.75) is 46.2 Å². The Kier molecular flexibility index (Phi) is 7.56. The third-order valence-corrected chi connectivity index (χ3v) is 5.00. The van der Waals surface area contributed by atoms with Crippen LogP contribution in [0, 0.1) is 6.92 Å². The number of nitrogens with zero attached hydrogens (tertiary/aromatic N) is 3. The molecular weight excluding hydrogens is 310 g/mol. The van der Waals surface area contributed by atoms with Crippen molar-refractivity contribution in [2.24, 2.45) is 4.99 Å².